The van der Waals surface area contributed by atoms with Gasteiger partial charge in [0.2, 0.25) is 0 Å². The second-order valence-corrected chi connectivity index (χ2v) is 5.10. The zero-order chi connectivity index (χ0) is 14.5. The molecule has 2 rings (SSSR count). The third kappa shape index (κ3) is 3.00. The summed E-state index contributed by atoms with van der Waals surface area (Å²) in [5.41, 5.74) is 0.996. The van der Waals surface area contributed by atoms with Gasteiger partial charge in [0.05, 0.1) is 12.6 Å². The molecule has 20 heavy (non-hydrogen) atoms. The van der Waals surface area contributed by atoms with Crippen LogP contribution in [0.4, 0.5) is 5.69 Å². The van der Waals surface area contributed by atoms with E-state index in [1.807, 2.05) is 42.3 Å². The molecule has 0 radical (unpaired) electrons. The van der Waals surface area contributed by atoms with Gasteiger partial charge in [-0.15, -0.1) is 0 Å². The first-order chi connectivity index (χ1) is 9.65. The van der Waals surface area contributed by atoms with E-state index in [1.54, 1.807) is 6.92 Å². The number of rotatable bonds is 4. The molecule has 0 heterocycles. The molecule has 0 aliphatic heterocycles. The normalized spacial score (nSPS) is 22.4. The van der Waals surface area contributed by atoms with E-state index in [-0.39, 0.29) is 17.8 Å². The lowest BCUT2D eigenvalue weighted by Gasteiger charge is -2.34. The van der Waals surface area contributed by atoms with Gasteiger partial charge in [-0.25, -0.2) is 0 Å². The molecule has 0 N–H and O–H groups in total. The molecular weight excluding hydrogens is 254 g/mol. The largest absolute Gasteiger partial charge is 0.465 e. The number of nitrogens with zero attached hydrogens (tertiary/aromatic N) is 1. The number of carbonyl (C=O) groups is 2. The number of para-hydroxylation sites is 1. The fraction of sp³-hybridized carbons (Fsp3) is 0.500. The Balaban J connectivity index is 2.12. The van der Waals surface area contributed by atoms with Crippen LogP contribution < -0.4 is 4.90 Å². The number of hydrogen-bond acceptors (Lipinski definition) is 4. The van der Waals surface area contributed by atoms with Crippen molar-refractivity contribution in [1.82, 2.24) is 0 Å². The summed E-state index contributed by atoms with van der Waals surface area (Å²) < 4.78 is 5.01. The molecule has 108 valence electrons. The van der Waals surface area contributed by atoms with Crippen molar-refractivity contribution in [3.63, 3.8) is 0 Å². The first-order valence-corrected chi connectivity index (χ1v) is 7.13. The maximum atomic E-state index is 12.5. The van der Waals surface area contributed by atoms with Gasteiger partial charge in [-0.2, -0.15) is 0 Å². The van der Waals surface area contributed by atoms with Crippen molar-refractivity contribution in [3.05, 3.63) is 30.3 Å². The van der Waals surface area contributed by atoms with Crippen LogP contribution in [-0.4, -0.2) is 31.4 Å². The Morgan fingerprint density at radius 3 is 2.65 bits per heavy atom. The number of benzene rings is 1. The van der Waals surface area contributed by atoms with E-state index < -0.39 is 5.92 Å². The van der Waals surface area contributed by atoms with E-state index in [2.05, 4.69) is 0 Å². The first-order valence-electron chi connectivity index (χ1n) is 7.13. The number of ketones is 1. The third-order valence-electron chi connectivity index (χ3n) is 3.84. The molecule has 0 spiro atoms. The van der Waals surface area contributed by atoms with Gasteiger partial charge in [-0.05, 0) is 38.3 Å². The molecule has 1 fully saturated rings. The van der Waals surface area contributed by atoms with Crippen LogP contribution in [0.3, 0.4) is 0 Å². The molecule has 4 nitrogen and oxygen atoms in total. The van der Waals surface area contributed by atoms with Crippen LogP contribution in [0.2, 0.25) is 0 Å². The predicted octanol–water partition coefficient (Wildman–Crippen LogP) is 2.42. The van der Waals surface area contributed by atoms with Crippen molar-refractivity contribution in [3.8, 4) is 0 Å². The zero-order valence-corrected chi connectivity index (χ0v) is 12.0. The summed E-state index contributed by atoms with van der Waals surface area (Å²) >= 11 is 0. The highest BCUT2D eigenvalue weighted by Crippen LogP contribution is 2.28. The zero-order valence-electron chi connectivity index (χ0n) is 12.0. The SMILES string of the molecule is CCOC(=O)C1CCCC(N(C)c2ccccc2)C1=O. The van der Waals surface area contributed by atoms with Gasteiger partial charge in [0.1, 0.15) is 5.92 Å². The lowest BCUT2D eigenvalue weighted by Crippen LogP contribution is -2.47. The van der Waals surface area contributed by atoms with Crippen LogP contribution >= 0.6 is 0 Å². The summed E-state index contributed by atoms with van der Waals surface area (Å²) in [4.78, 5) is 26.3. The molecule has 2 atom stereocenters. The van der Waals surface area contributed by atoms with Crippen molar-refractivity contribution >= 4 is 17.4 Å². The van der Waals surface area contributed by atoms with Crippen LogP contribution in [0, 0.1) is 5.92 Å². The highest BCUT2D eigenvalue weighted by atomic mass is 16.5. The second-order valence-electron chi connectivity index (χ2n) is 5.10. The maximum absolute atomic E-state index is 12.5. The second kappa shape index (κ2) is 6.55. The van der Waals surface area contributed by atoms with E-state index in [1.165, 1.54) is 0 Å². The Morgan fingerprint density at radius 2 is 2.00 bits per heavy atom. The standard InChI is InChI=1S/C16H21NO3/c1-3-20-16(19)13-10-7-11-14(15(13)18)17(2)12-8-5-4-6-9-12/h4-6,8-9,13-14H,3,7,10-11H2,1-2H3. The van der Waals surface area contributed by atoms with Gasteiger partial charge in [0.25, 0.3) is 0 Å². The molecule has 0 bridgehead atoms. The fourth-order valence-electron chi connectivity index (χ4n) is 2.74. The Morgan fingerprint density at radius 1 is 1.30 bits per heavy atom. The molecule has 2 unspecified atom stereocenters. The van der Waals surface area contributed by atoms with E-state index in [9.17, 15) is 9.59 Å². The van der Waals surface area contributed by atoms with E-state index >= 15 is 0 Å². The monoisotopic (exact) mass is 275 g/mol. The van der Waals surface area contributed by atoms with Gasteiger partial charge >= 0.3 is 5.97 Å². The minimum Gasteiger partial charge on any atom is -0.465 e. The Kier molecular flexibility index (Phi) is 4.77. The minimum atomic E-state index is -0.597. The molecular formula is C16H21NO3. The topological polar surface area (TPSA) is 46.6 Å². The molecule has 0 amide bonds. The molecule has 1 aliphatic rings. The molecule has 1 aliphatic carbocycles. The van der Waals surface area contributed by atoms with Crippen LogP contribution in [-0.2, 0) is 14.3 Å². The van der Waals surface area contributed by atoms with E-state index in [0.29, 0.717) is 13.0 Å². The van der Waals surface area contributed by atoms with Gasteiger partial charge in [-0.3, -0.25) is 9.59 Å². The van der Waals surface area contributed by atoms with Crippen molar-refractivity contribution in [2.45, 2.75) is 32.2 Å². The highest BCUT2D eigenvalue weighted by Gasteiger charge is 2.38. The Bertz CT molecular complexity index is 472. The number of hydrogen-bond donors (Lipinski definition) is 0. The van der Waals surface area contributed by atoms with Gasteiger partial charge in [0.15, 0.2) is 5.78 Å². The lowest BCUT2D eigenvalue weighted by molar-refractivity contribution is -0.153. The number of likely N-dealkylation sites (N-methyl/N-ethyl adjacent to an activating group) is 1. The number of carbonyl (C=O) groups excluding carboxylic acids is 2. The molecule has 1 aromatic rings. The van der Waals surface area contributed by atoms with Crippen molar-refractivity contribution in [1.29, 1.82) is 0 Å². The summed E-state index contributed by atoms with van der Waals surface area (Å²) in [5, 5.41) is 0. The number of anilines is 1. The van der Waals surface area contributed by atoms with Crippen molar-refractivity contribution < 1.29 is 14.3 Å². The average Bonchev–Trinajstić information content (AvgIpc) is 2.48. The Hall–Kier alpha value is -1.84. The van der Waals surface area contributed by atoms with Crippen LogP contribution in [0.1, 0.15) is 26.2 Å². The average molecular weight is 275 g/mol. The summed E-state index contributed by atoms with van der Waals surface area (Å²) in [5.74, 6) is -0.982. The number of Topliss-reactive ketones (excluding diaryl/α,β-unsaturated/α-hetero) is 1. The van der Waals surface area contributed by atoms with Gasteiger partial charge in [0, 0.05) is 12.7 Å². The van der Waals surface area contributed by atoms with Gasteiger partial charge in [-0.1, -0.05) is 18.2 Å². The number of ether oxygens (including phenoxy) is 1. The van der Waals surface area contributed by atoms with Crippen LogP contribution in [0.5, 0.6) is 0 Å². The van der Waals surface area contributed by atoms with Crippen LogP contribution in [0.15, 0.2) is 30.3 Å². The van der Waals surface area contributed by atoms with E-state index in [0.717, 1.165) is 18.5 Å². The third-order valence-corrected chi connectivity index (χ3v) is 3.84. The predicted molar refractivity (Wildman–Crippen MR) is 77.6 cm³/mol. The maximum Gasteiger partial charge on any atom is 0.316 e. The summed E-state index contributed by atoms with van der Waals surface area (Å²) in [6.07, 6.45) is 2.27. The quantitative estimate of drug-likeness (QED) is 0.625. The van der Waals surface area contributed by atoms with Crippen molar-refractivity contribution in [2.24, 2.45) is 5.92 Å². The Labute approximate surface area is 119 Å². The van der Waals surface area contributed by atoms with Gasteiger partial charge < -0.3 is 9.64 Å². The molecule has 0 saturated heterocycles. The summed E-state index contributed by atoms with van der Waals surface area (Å²) in [6, 6.07) is 9.55. The summed E-state index contributed by atoms with van der Waals surface area (Å²) in [7, 11) is 1.91. The minimum absolute atomic E-state index is 0.0129. The molecule has 1 saturated carbocycles. The smallest absolute Gasteiger partial charge is 0.316 e. The molecule has 4 heteroatoms. The summed E-state index contributed by atoms with van der Waals surface area (Å²) in [6.45, 7) is 2.08. The van der Waals surface area contributed by atoms with Crippen LogP contribution in [0.25, 0.3) is 0 Å². The fourth-order valence-corrected chi connectivity index (χ4v) is 2.74. The number of esters is 1. The first kappa shape index (κ1) is 14.6. The molecule has 0 aromatic heterocycles. The van der Waals surface area contributed by atoms with E-state index in [4.69, 9.17) is 4.74 Å². The lowest BCUT2D eigenvalue weighted by atomic mass is 9.83. The molecule has 1 aromatic carbocycles. The van der Waals surface area contributed by atoms with Crippen molar-refractivity contribution in [2.75, 3.05) is 18.6 Å². The highest BCUT2D eigenvalue weighted by molar-refractivity contribution is 6.03.